The van der Waals surface area contributed by atoms with E-state index in [2.05, 4.69) is 10.2 Å². The van der Waals surface area contributed by atoms with Crippen LogP contribution in [0.3, 0.4) is 0 Å². The number of rotatable bonds is 6. The van der Waals surface area contributed by atoms with Gasteiger partial charge in [-0.25, -0.2) is 0 Å². The number of nitrogens with zero attached hydrogens (tertiary/aromatic N) is 3. The molecule has 0 aliphatic rings. The van der Waals surface area contributed by atoms with Crippen LogP contribution in [0.25, 0.3) is 10.2 Å². The molecule has 130 valence electrons. The molecule has 25 heavy (non-hydrogen) atoms. The number of carboxylic acids is 1. The highest BCUT2D eigenvalue weighted by molar-refractivity contribution is 7.16. The second-order valence-electron chi connectivity index (χ2n) is 5.32. The van der Waals surface area contributed by atoms with E-state index in [1.54, 1.807) is 30.5 Å². The smallest absolute Gasteiger partial charge is 0.308 e. The topological polar surface area (TPSA) is 94.3 Å². The van der Waals surface area contributed by atoms with Crippen LogP contribution in [0.1, 0.15) is 25.1 Å². The number of aliphatic carboxylic acids is 1. The van der Waals surface area contributed by atoms with Gasteiger partial charge in [0.25, 0.3) is 0 Å². The van der Waals surface area contributed by atoms with Crippen molar-refractivity contribution in [3.8, 4) is 5.75 Å². The number of ether oxygens (including phenoxy) is 1. The second-order valence-corrected chi connectivity index (χ2v) is 6.72. The molecule has 0 unspecified atom stereocenters. The van der Waals surface area contributed by atoms with Crippen LogP contribution in [0.15, 0.2) is 35.3 Å². The molecule has 0 radical (unpaired) electrons. The fourth-order valence-electron chi connectivity index (χ4n) is 2.36. The van der Waals surface area contributed by atoms with Crippen LogP contribution in [0, 0.1) is 0 Å². The number of carboxylic acid groups (broad SMARTS) is 1. The molecule has 0 spiro atoms. The molecule has 0 saturated carbocycles. The highest BCUT2D eigenvalue weighted by Gasteiger charge is 2.16. The highest BCUT2D eigenvalue weighted by atomic mass is 35.5. The van der Waals surface area contributed by atoms with Crippen molar-refractivity contribution in [3.63, 3.8) is 0 Å². The van der Waals surface area contributed by atoms with E-state index in [4.69, 9.17) is 21.4 Å². The van der Waals surface area contributed by atoms with Gasteiger partial charge in [0, 0.05) is 18.8 Å². The summed E-state index contributed by atoms with van der Waals surface area (Å²) < 4.78 is 7.95. The minimum Gasteiger partial charge on any atom is -0.483 e. The Labute approximate surface area is 151 Å². The molecule has 3 rings (SSSR count). The average molecular weight is 380 g/mol. The number of aromatic nitrogens is 3. The second kappa shape index (κ2) is 7.20. The molecule has 7 nitrogen and oxygen atoms in total. The van der Waals surface area contributed by atoms with Gasteiger partial charge in [-0.3, -0.25) is 14.2 Å². The predicted octanol–water partition coefficient (Wildman–Crippen LogP) is 3.12. The van der Waals surface area contributed by atoms with Crippen molar-refractivity contribution in [2.24, 2.45) is 0 Å². The Balaban J connectivity index is 1.92. The Morgan fingerprint density at radius 2 is 2.28 bits per heavy atom. The van der Waals surface area contributed by atoms with Crippen LogP contribution in [-0.2, 0) is 11.3 Å². The van der Waals surface area contributed by atoms with Crippen LogP contribution < -0.4 is 9.61 Å². The summed E-state index contributed by atoms with van der Waals surface area (Å²) in [5, 5.41) is 17.0. The molecule has 1 N–H and O–H groups in total. The van der Waals surface area contributed by atoms with Gasteiger partial charge in [-0.1, -0.05) is 22.9 Å². The number of hydrogen-bond donors (Lipinski definition) is 1. The Kier molecular flexibility index (Phi) is 5.00. The number of fused-ring (bicyclic) bond motifs is 1. The maximum absolute atomic E-state index is 12.1. The summed E-state index contributed by atoms with van der Waals surface area (Å²) in [7, 11) is 0. The largest absolute Gasteiger partial charge is 0.483 e. The first-order valence-electron chi connectivity index (χ1n) is 7.44. The molecule has 1 aromatic carbocycles. The minimum atomic E-state index is -0.963. The highest BCUT2D eigenvalue weighted by Crippen LogP contribution is 2.34. The van der Waals surface area contributed by atoms with Crippen LogP contribution in [0.5, 0.6) is 5.75 Å². The summed E-state index contributed by atoms with van der Waals surface area (Å²) in [5.74, 6) is -0.533. The molecular weight excluding hydrogens is 366 g/mol. The Bertz CT molecular complexity index is 971. The van der Waals surface area contributed by atoms with Crippen molar-refractivity contribution < 1.29 is 14.6 Å². The number of benzene rings is 1. The molecule has 0 fully saturated rings. The molecule has 2 heterocycles. The summed E-state index contributed by atoms with van der Waals surface area (Å²) in [4.78, 5) is 22.6. The van der Waals surface area contributed by atoms with E-state index >= 15 is 0 Å². The Morgan fingerprint density at radius 3 is 2.96 bits per heavy atom. The molecule has 2 aromatic heterocycles. The summed E-state index contributed by atoms with van der Waals surface area (Å²) in [6, 6.07) is 6.87. The number of hydrogen-bond acceptors (Lipinski definition) is 6. The molecule has 0 bridgehead atoms. The first-order valence-corrected chi connectivity index (χ1v) is 8.64. The van der Waals surface area contributed by atoms with E-state index in [1.807, 2.05) is 6.92 Å². The van der Waals surface area contributed by atoms with E-state index in [9.17, 15) is 9.59 Å². The van der Waals surface area contributed by atoms with Gasteiger partial charge in [0.2, 0.25) is 0 Å². The summed E-state index contributed by atoms with van der Waals surface area (Å²) in [6.07, 6.45) is 1.08. The normalized spacial score (nSPS) is 12.2. The fraction of sp³-hybridized carbons (Fsp3) is 0.250. The number of halogens is 1. The maximum atomic E-state index is 12.1. The van der Waals surface area contributed by atoms with Crippen LogP contribution in [0.4, 0.5) is 0 Å². The lowest BCUT2D eigenvalue weighted by atomic mass is 10.2. The zero-order valence-corrected chi connectivity index (χ0v) is 14.8. The van der Waals surface area contributed by atoms with E-state index < -0.39 is 5.97 Å². The van der Waals surface area contributed by atoms with Crippen molar-refractivity contribution in [1.82, 2.24) is 14.8 Å². The summed E-state index contributed by atoms with van der Waals surface area (Å²) >= 11 is 7.31. The lowest BCUT2D eigenvalue weighted by Crippen LogP contribution is -2.15. The van der Waals surface area contributed by atoms with Crippen molar-refractivity contribution in [2.75, 3.05) is 0 Å². The zero-order valence-electron chi connectivity index (χ0n) is 13.2. The van der Waals surface area contributed by atoms with Crippen molar-refractivity contribution in [1.29, 1.82) is 0 Å². The Morgan fingerprint density at radius 1 is 1.48 bits per heavy atom. The molecular formula is C16H14ClN3O4S. The van der Waals surface area contributed by atoms with E-state index in [-0.39, 0.29) is 23.9 Å². The van der Waals surface area contributed by atoms with Gasteiger partial charge in [-0.2, -0.15) is 10.2 Å². The van der Waals surface area contributed by atoms with Gasteiger partial charge >= 0.3 is 10.8 Å². The fourth-order valence-corrected chi connectivity index (χ4v) is 3.49. The van der Waals surface area contributed by atoms with Gasteiger partial charge in [0.05, 0.1) is 21.7 Å². The van der Waals surface area contributed by atoms with Crippen molar-refractivity contribution >= 4 is 39.1 Å². The molecule has 0 aliphatic heterocycles. The average Bonchev–Trinajstić information content (AvgIpc) is 2.88. The lowest BCUT2D eigenvalue weighted by molar-refractivity contribution is -0.137. The minimum absolute atomic E-state index is 0.0979. The molecule has 0 aliphatic carbocycles. The molecule has 0 amide bonds. The van der Waals surface area contributed by atoms with Crippen LogP contribution in [0.2, 0.25) is 5.02 Å². The number of aryl methyl sites for hydroxylation is 1. The third-order valence-corrected chi connectivity index (χ3v) is 4.82. The predicted molar refractivity (Wildman–Crippen MR) is 94.4 cm³/mol. The SMILES string of the molecule is C[C@@H](Oc1cc2sc(=O)n(CCC(=O)O)c2cc1Cl)c1cccnn1. The van der Waals surface area contributed by atoms with Gasteiger partial charge in [0.15, 0.2) is 0 Å². The van der Waals surface area contributed by atoms with Crippen molar-refractivity contribution in [3.05, 3.63) is 50.8 Å². The standard InChI is InChI=1S/C16H14ClN3O4S/c1-9(11-3-2-5-18-19-11)24-13-8-14-12(7-10(13)17)20(16(23)25-14)6-4-15(21)22/h2-3,5,7-9H,4,6H2,1H3,(H,21,22)/t9-/m1/s1. The zero-order chi connectivity index (χ0) is 18.0. The van der Waals surface area contributed by atoms with Gasteiger partial charge in [0.1, 0.15) is 17.5 Å². The van der Waals surface area contributed by atoms with Crippen LogP contribution in [-0.4, -0.2) is 25.8 Å². The molecule has 1 atom stereocenters. The Hall–Kier alpha value is -2.45. The number of thiazole rings is 1. The summed E-state index contributed by atoms with van der Waals surface area (Å²) in [6.45, 7) is 1.92. The quantitative estimate of drug-likeness (QED) is 0.707. The third kappa shape index (κ3) is 3.80. The van der Waals surface area contributed by atoms with Crippen molar-refractivity contribution in [2.45, 2.75) is 26.0 Å². The van der Waals surface area contributed by atoms with E-state index in [0.717, 1.165) is 11.3 Å². The lowest BCUT2D eigenvalue weighted by Gasteiger charge is -2.15. The van der Waals surface area contributed by atoms with Gasteiger partial charge < -0.3 is 9.84 Å². The maximum Gasteiger partial charge on any atom is 0.308 e. The van der Waals surface area contributed by atoms with Crippen LogP contribution >= 0.6 is 22.9 Å². The molecule has 3 aromatic rings. The van der Waals surface area contributed by atoms with E-state index in [1.165, 1.54) is 4.57 Å². The first-order chi connectivity index (χ1) is 12.0. The molecule has 0 saturated heterocycles. The van der Waals surface area contributed by atoms with E-state index in [0.29, 0.717) is 26.7 Å². The van der Waals surface area contributed by atoms with Gasteiger partial charge in [-0.05, 0) is 25.1 Å². The third-order valence-electron chi connectivity index (χ3n) is 3.58. The number of carbonyl (C=O) groups is 1. The van der Waals surface area contributed by atoms with Gasteiger partial charge in [-0.15, -0.1) is 0 Å². The monoisotopic (exact) mass is 379 g/mol. The first kappa shape index (κ1) is 17.4. The molecule has 9 heteroatoms. The summed E-state index contributed by atoms with van der Waals surface area (Å²) in [5.41, 5.74) is 1.26.